The Morgan fingerprint density at radius 3 is 2.43 bits per heavy atom. The van der Waals surface area contributed by atoms with Crippen LogP contribution < -0.4 is 10.1 Å². The number of halogens is 3. The van der Waals surface area contributed by atoms with Gasteiger partial charge in [0.05, 0.1) is 10.6 Å². The Bertz CT molecular complexity index is 617. The van der Waals surface area contributed by atoms with Gasteiger partial charge in [-0.05, 0) is 29.8 Å². The van der Waals surface area contributed by atoms with Crippen molar-refractivity contribution < 1.29 is 18.3 Å². The first-order valence-corrected chi connectivity index (χ1v) is 6.50. The van der Waals surface area contributed by atoms with Gasteiger partial charge in [-0.2, -0.15) is 8.78 Å². The van der Waals surface area contributed by atoms with Crippen LogP contribution in [0.2, 0.25) is 5.02 Å². The minimum absolute atomic E-state index is 0.0752. The van der Waals surface area contributed by atoms with Gasteiger partial charge in [-0.25, -0.2) is 0 Å². The number of alkyl halides is 2. The van der Waals surface area contributed by atoms with Crippen molar-refractivity contribution in [2.75, 3.05) is 0 Å². The molecule has 0 aliphatic rings. The van der Waals surface area contributed by atoms with Gasteiger partial charge >= 0.3 is 6.61 Å². The van der Waals surface area contributed by atoms with E-state index in [1.54, 1.807) is 36.4 Å². The van der Waals surface area contributed by atoms with Crippen LogP contribution in [0.3, 0.4) is 0 Å². The van der Waals surface area contributed by atoms with E-state index in [0.717, 1.165) is 5.56 Å². The third-order valence-corrected chi connectivity index (χ3v) is 3.05. The lowest BCUT2D eigenvalue weighted by Crippen LogP contribution is -2.23. The van der Waals surface area contributed by atoms with Crippen LogP contribution in [0.1, 0.15) is 15.9 Å². The molecule has 0 saturated heterocycles. The molecule has 2 aromatic carbocycles. The van der Waals surface area contributed by atoms with Crippen LogP contribution in [0.4, 0.5) is 8.78 Å². The van der Waals surface area contributed by atoms with E-state index in [2.05, 4.69) is 10.1 Å². The second-order valence-corrected chi connectivity index (χ2v) is 4.59. The molecule has 2 rings (SSSR count). The number of carbonyl (C=O) groups excluding carboxylic acids is 1. The van der Waals surface area contributed by atoms with Crippen molar-refractivity contribution in [3.8, 4) is 5.75 Å². The van der Waals surface area contributed by atoms with Crippen LogP contribution in [-0.2, 0) is 6.54 Å². The van der Waals surface area contributed by atoms with E-state index < -0.39 is 6.61 Å². The number of amides is 1. The highest BCUT2D eigenvalue weighted by Gasteiger charge is 2.09. The number of hydrogen-bond acceptors (Lipinski definition) is 2. The molecule has 0 aliphatic carbocycles. The van der Waals surface area contributed by atoms with Crippen molar-refractivity contribution in [3.63, 3.8) is 0 Å². The normalized spacial score (nSPS) is 10.5. The Balaban J connectivity index is 1.94. The first-order valence-electron chi connectivity index (χ1n) is 6.13. The molecule has 2 aromatic rings. The summed E-state index contributed by atoms with van der Waals surface area (Å²) < 4.78 is 28.3. The molecule has 0 atom stereocenters. The van der Waals surface area contributed by atoms with Gasteiger partial charge < -0.3 is 10.1 Å². The zero-order valence-corrected chi connectivity index (χ0v) is 11.6. The molecule has 1 N–H and O–H groups in total. The van der Waals surface area contributed by atoms with E-state index in [0.29, 0.717) is 10.6 Å². The van der Waals surface area contributed by atoms with E-state index in [4.69, 9.17) is 11.6 Å². The number of benzene rings is 2. The zero-order valence-electron chi connectivity index (χ0n) is 10.9. The van der Waals surface area contributed by atoms with Crippen molar-refractivity contribution in [3.05, 3.63) is 64.7 Å². The molecule has 6 heteroatoms. The van der Waals surface area contributed by atoms with Crippen LogP contribution in [-0.4, -0.2) is 12.5 Å². The van der Waals surface area contributed by atoms with Crippen LogP contribution in [0.5, 0.6) is 5.75 Å². The number of rotatable bonds is 5. The van der Waals surface area contributed by atoms with Crippen LogP contribution in [0.25, 0.3) is 0 Å². The van der Waals surface area contributed by atoms with Crippen molar-refractivity contribution in [2.45, 2.75) is 13.2 Å². The number of ether oxygens (including phenoxy) is 1. The van der Waals surface area contributed by atoms with Gasteiger partial charge in [0.1, 0.15) is 5.75 Å². The SMILES string of the molecule is O=C(NCc1ccc(OC(F)F)cc1)c1ccccc1Cl. The summed E-state index contributed by atoms with van der Waals surface area (Å²) in [5, 5.41) is 3.07. The van der Waals surface area contributed by atoms with E-state index in [-0.39, 0.29) is 18.2 Å². The molecule has 0 unspecified atom stereocenters. The Morgan fingerprint density at radius 1 is 1.14 bits per heavy atom. The third-order valence-electron chi connectivity index (χ3n) is 2.72. The van der Waals surface area contributed by atoms with Crippen molar-refractivity contribution in [1.29, 1.82) is 0 Å². The molecular formula is C15H12ClF2NO2. The first kappa shape index (κ1) is 15.3. The number of nitrogens with one attached hydrogen (secondary N) is 1. The largest absolute Gasteiger partial charge is 0.435 e. The number of hydrogen-bond donors (Lipinski definition) is 1. The standard InChI is InChI=1S/C15H12ClF2NO2/c16-13-4-2-1-3-12(13)14(20)19-9-10-5-7-11(8-6-10)21-15(17)18/h1-8,15H,9H2,(H,19,20). The summed E-state index contributed by atoms with van der Waals surface area (Å²) in [6.07, 6.45) is 0. The van der Waals surface area contributed by atoms with Gasteiger partial charge in [0.15, 0.2) is 0 Å². The van der Waals surface area contributed by atoms with Gasteiger partial charge in [-0.15, -0.1) is 0 Å². The zero-order chi connectivity index (χ0) is 15.2. The minimum atomic E-state index is -2.85. The average Bonchev–Trinajstić information content (AvgIpc) is 2.46. The fourth-order valence-electron chi connectivity index (χ4n) is 1.71. The maximum Gasteiger partial charge on any atom is 0.387 e. The second-order valence-electron chi connectivity index (χ2n) is 4.18. The lowest BCUT2D eigenvalue weighted by atomic mass is 10.2. The predicted octanol–water partition coefficient (Wildman–Crippen LogP) is 3.87. The van der Waals surface area contributed by atoms with E-state index >= 15 is 0 Å². The monoisotopic (exact) mass is 311 g/mol. The Morgan fingerprint density at radius 2 is 1.81 bits per heavy atom. The molecule has 0 bridgehead atoms. The Kier molecular flexibility index (Phi) is 5.11. The summed E-state index contributed by atoms with van der Waals surface area (Å²) >= 11 is 5.92. The van der Waals surface area contributed by atoms with E-state index in [1.807, 2.05) is 0 Å². The van der Waals surface area contributed by atoms with Crippen LogP contribution in [0, 0.1) is 0 Å². The lowest BCUT2D eigenvalue weighted by molar-refractivity contribution is -0.0498. The van der Waals surface area contributed by atoms with Crippen molar-refractivity contribution >= 4 is 17.5 Å². The van der Waals surface area contributed by atoms with E-state index in [1.165, 1.54) is 12.1 Å². The molecule has 0 aliphatic heterocycles. The predicted molar refractivity (Wildman–Crippen MR) is 75.7 cm³/mol. The summed E-state index contributed by atoms with van der Waals surface area (Å²) in [6, 6.07) is 12.8. The summed E-state index contributed by atoms with van der Waals surface area (Å²) in [6.45, 7) is -2.59. The maximum absolute atomic E-state index is 12.0. The molecular weight excluding hydrogens is 300 g/mol. The molecule has 0 heterocycles. The quantitative estimate of drug-likeness (QED) is 0.910. The molecule has 0 saturated carbocycles. The number of carbonyl (C=O) groups is 1. The lowest BCUT2D eigenvalue weighted by Gasteiger charge is -2.08. The highest BCUT2D eigenvalue weighted by Crippen LogP contribution is 2.16. The Hall–Kier alpha value is -2.14. The second kappa shape index (κ2) is 7.04. The molecule has 1 amide bonds. The fraction of sp³-hybridized carbons (Fsp3) is 0.133. The molecule has 21 heavy (non-hydrogen) atoms. The average molecular weight is 312 g/mol. The summed E-state index contributed by atoms with van der Waals surface area (Å²) in [4.78, 5) is 11.9. The highest BCUT2D eigenvalue weighted by atomic mass is 35.5. The van der Waals surface area contributed by atoms with Crippen LogP contribution >= 0.6 is 11.6 Å². The molecule has 3 nitrogen and oxygen atoms in total. The molecule has 0 spiro atoms. The summed E-state index contributed by atoms with van der Waals surface area (Å²) in [5.41, 5.74) is 1.15. The summed E-state index contributed by atoms with van der Waals surface area (Å²) in [5.74, 6) is -0.223. The minimum Gasteiger partial charge on any atom is -0.435 e. The molecule has 110 valence electrons. The topological polar surface area (TPSA) is 38.3 Å². The van der Waals surface area contributed by atoms with Gasteiger partial charge in [0, 0.05) is 6.54 Å². The van der Waals surface area contributed by atoms with Gasteiger partial charge in [-0.3, -0.25) is 4.79 Å². The van der Waals surface area contributed by atoms with Gasteiger partial charge in [0.2, 0.25) is 0 Å². The summed E-state index contributed by atoms with van der Waals surface area (Å²) in [7, 11) is 0. The maximum atomic E-state index is 12.0. The van der Waals surface area contributed by atoms with E-state index in [9.17, 15) is 13.6 Å². The highest BCUT2D eigenvalue weighted by molar-refractivity contribution is 6.33. The fourth-order valence-corrected chi connectivity index (χ4v) is 1.93. The van der Waals surface area contributed by atoms with Crippen molar-refractivity contribution in [2.24, 2.45) is 0 Å². The van der Waals surface area contributed by atoms with Crippen molar-refractivity contribution in [1.82, 2.24) is 5.32 Å². The molecule has 0 radical (unpaired) electrons. The van der Waals surface area contributed by atoms with Gasteiger partial charge in [0.25, 0.3) is 5.91 Å². The third kappa shape index (κ3) is 4.43. The molecule has 0 aromatic heterocycles. The first-order chi connectivity index (χ1) is 10.1. The molecule has 0 fully saturated rings. The smallest absolute Gasteiger partial charge is 0.387 e. The van der Waals surface area contributed by atoms with Crippen LogP contribution in [0.15, 0.2) is 48.5 Å². The Labute approximate surface area is 125 Å². The van der Waals surface area contributed by atoms with Gasteiger partial charge in [-0.1, -0.05) is 35.9 Å².